The SMILES string of the molecule is CC(=O)Oc1ccc2c(c1)CC[C@@H]1[C@@H]3CCC(=O)[C@]3(C)C[C@@H](OC(C)=O)[C@]21O. The maximum Gasteiger partial charge on any atom is 0.308 e. The number of esters is 2. The maximum atomic E-state index is 12.7. The molecule has 0 aliphatic heterocycles. The predicted octanol–water partition coefficient (Wildman–Crippen LogP) is 2.68. The van der Waals surface area contributed by atoms with Crippen LogP contribution in [0.2, 0.25) is 0 Å². The van der Waals surface area contributed by atoms with Gasteiger partial charge < -0.3 is 14.6 Å². The van der Waals surface area contributed by atoms with Crippen LogP contribution < -0.4 is 4.74 Å². The summed E-state index contributed by atoms with van der Waals surface area (Å²) >= 11 is 0. The van der Waals surface area contributed by atoms with E-state index in [2.05, 4.69) is 0 Å². The van der Waals surface area contributed by atoms with Crippen molar-refractivity contribution >= 4 is 17.7 Å². The van der Waals surface area contributed by atoms with Crippen LogP contribution in [0, 0.1) is 17.3 Å². The molecule has 3 aliphatic rings. The lowest BCUT2D eigenvalue weighted by atomic mass is 9.52. The number of fused-ring (bicyclic) bond motifs is 5. The Morgan fingerprint density at radius 3 is 2.50 bits per heavy atom. The Morgan fingerprint density at radius 1 is 1.11 bits per heavy atom. The van der Waals surface area contributed by atoms with E-state index in [1.165, 1.54) is 13.8 Å². The van der Waals surface area contributed by atoms with Crippen molar-refractivity contribution < 1.29 is 29.0 Å². The molecule has 6 heteroatoms. The van der Waals surface area contributed by atoms with Gasteiger partial charge in [0.15, 0.2) is 0 Å². The summed E-state index contributed by atoms with van der Waals surface area (Å²) in [6.45, 7) is 4.64. The van der Waals surface area contributed by atoms with Gasteiger partial charge in [-0.2, -0.15) is 0 Å². The lowest BCUT2D eigenvalue weighted by Crippen LogP contribution is -2.60. The largest absolute Gasteiger partial charge is 0.459 e. The molecule has 1 aromatic carbocycles. The van der Waals surface area contributed by atoms with Gasteiger partial charge in [-0.15, -0.1) is 0 Å². The lowest BCUT2D eigenvalue weighted by Gasteiger charge is -2.56. The van der Waals surface area contributed by atoms with Gasteiger partial charge in [-0.3, -0.25) is 14.4 Å². The highest BCUT2D eigenvalue weighted by Gasteiger charge is 2.65. The highest BCUT2D eigenvalue weighted by Crippen LogP contribution is 2.62. The number of ether oxygens (including phenoxy) is 2. The second-order valence-corrected chi connectivity index (χ2v) is 8.67. The van der Waals surface area contributed by atoms with Crippen molar-refractivity contribution in [2.24, 2.45) is 17.3 Å². The summed E-state index contributed by atoms with van der Waals surface area (Å²) in [5.74, 6) is -0.315. The topological polar surface area (TPSA) is 89.9 Å². The first kappa shape index (κ1) is 19.1. The third-order valence-corrected chi connectivity index (χ3v) is 7.09. The molecule has 3 aliphatic carbocycles. The highest BCUT2D eigenvalue weighted by molar-refractivity contribution is 5.87. The number of carbonyl (C=O) groups is 3. The molecule has 6 nitrogen and oxygen atoms in total. The summed E-state index contributed by atoms with van der Waals surface area (Å²) in [7, 11) is 0. The molecule has 1 N–H and O–H groups in total. The normalized spacial score (nSPS) is 36.1. The van der Waals surface area contributed by atoms with Gasteiger partial charge in [-0.05, 0) is 54.4 Å². The van der Waals surface area contributed by atoms with E-state index in [1.807, 2.05) is 6.92 Å². The average Bonchev–Trinajstić information content (AvgIpc) is 2.89. The molecule has 28 heavy (non-hydrogen) atoms. The van der Waals surface area contributed by atoms with Crippen LogP contribution in [-0.4, -0.2) is 28.9 Å². The van der Waals surface area contributed by atoms with Gasteiger partial charge in [0.2, 0.25) is 0 Å². The maximum absolute atomic E-state index is 12.7. The number of aryl methyl sites for hydroxylation is 1. The first-order valence-electron chi connectivity index (χ1n) is 9.91. The van der Waals surface area contributed by atoms with Gasteiger partial charge in [-0.25, -0.2) is 0 Å². The zero-order valence-electron chi connectivity index (χ0n) is 16.5. The quantitative estimate of drug-likeness (QED) is 0.621. The molecule has 4 rings (SSSR count). The van der Waals surface area contributed by atoms with Gasteiger partial charge in [0, 0.05) is 32.1 Å². The summed E-state index contributed by atoms with van der Waals surface area (Å²) in [4.78, 5) is 35.8. The molecule has 150 valence electrons. The van der Waals surface area contributed by atoms with Crippen LogP contribution in [0.4, 0.5) is 0 Å². The molecule has 0 aromatic heterocycles. The van der Waals surface area contributed by atoms with E-state index in [9.17, 15) is 19.5 Å². The van der Waals surface area contributed by atoms with Crippen LogP contribution >= 0.6 is 0 Å². The van der Waals surface area contributed by atoms with Crippen molar-refractivity contribution in [2.45, 2.75) is 64.6 Å². The van der Waals surface area contributed by atoms with Crippen LogP contribution in [0.3, 0.4) is 0 Å². The van der Waals surface area contributed by atoms with Crippen molar-refractivity contribution in [3.05, 3.63) is 29.3 Å². The smallest absolute Gasteiger partial charge is 0.308 e. The number of Topliss-reactive ketones (excluding diaryl/α,β-unsaturated/α-hetero) is 1. The number of hydrogen-bond donors (Lipinski definition) is 1. The average molecular weight is 386 g/mol. The van der Waals surface area contributed by atoms with Gasteiger partial charge in [0.1, 0.15) is 23.2 Å². The molecule has 0 saturated heterocycles. The summed E-state index contributed by atoms with van der Waals surface area (Å²) < 4.78 is 10.8. The summed E-state index contributed by atoms with van der Waals surface area (Å²) in [6, 6.07) is 5.22. The van der Waals surface area contributed by atoms with Crippen LogP contribution in [0.25, 0.3) is 0 Å². The first-order chi connectivity index (χ1) is 13.2. The van der Waals surface area contributed by atoms with Crippen LogP contribution in [0.15, 0.2) is 18.2 Å². The predicted molar refractivity (Wildman–Crippen MR) is 99.5 cm³/mol. The Morgan fingerprint density at radius 2 is 1.82 bits per heavy atom. The third kappa shape index (κ3) is 2.69. The van der Waals surface area contributed by atoms with E-state index in [-0.39, 0.29) is 17.6 Å². The molecule has 1 aromatic rings. The van der Waals surface area contributed by atoms with E-state index in [4.69, 9.17) is 9.47 Å². The van der Waals surface area contributed by atoms with Crippen LogP contribution in [0.1, 0.15) is 57.6 Å². The van der Waals surface area contributed by atoms with Crippen molar-refractivity contribution in [2.75, 3.05) is 0 Å². The molecule has 0 bridgehead atoms. The third-order valence-electron chi connectivity index (χ3n) is 7.09. The number of aliphatic hydroxyl groups is 1. The lowest BCUT2D eigenvalue weighted by molar-refractivity contribution is -0.214. The van der Waals surface area contributed by atoms with E-state index < -0.39 is 29.1 Å². The standard InChI is InChI=1S/C22H26O6/c1-12(23)27-15-5-7-16-14(10-15)4-6-18-17-8-9-19(25)21(17,3)11-20(22(16,18)26)28-13(2)24/h5,7,10,17-18,20,26H,4,6,8-9,11H2,1-3H3/t17-,18+,20+,21+,22-/m0/s1. The Hall–Kier alpha value is -2.21. The first-order valence-corrected chi connectivity index (χ1v) is 9.91. The molecule has 0 amide bonds. The molecular weight excluding hydrogens is 360 g/mol. The van der Waals surface area contributed by atoms with Gasteiger partial charge in [0.25, 0.3) is 0 Å². The molecule has 0 unspecified atom stereocenters. The van der Waals surface area contributed by atoms with E-state index in [0.29, 0.717) is 37.0 Å². The van der Waals surface area contributed by atoms with Crippen LogP contribution in [0.5, 0.6) is 5.75 Å². The fourth-order valence-electron chi connectivity index (χ4n) is 5.93. The van der Waals surface area contributed by atoms with Gasteiger partial charge in [-0.1, -0.05) is 13.0 Å². The minimum atomic E-state index is -1.34. The molecular formula is C22H26O6. The Labute approximate surface area is 164 Å². The molecule has 0 heterocycles. The fourth-order valence-corrected chi connectivity index (χ4v) is 5.93. The fraction of sp³-hybridized carbons (Fsp3) is 0.591. The molecule has 2 saturated carbocycles. The van der Waals surface area contributed by atoms with E-state index in [1.54, 1.807) is 18.2 Å². The highest BCUT2D eigenvalue weighted by atomic mass is 16.6. The van der Waals surface area contributed by atoms with Crippen molar-refractivity contribution in [1.29, 1.82) is 0 Å². The Kier molecular flexibility index (Phi) is 4.38. The molecule has 0 spiro atoms. The number of ketones is 1. The Balaban J connectivity index is 1.81. The molecule has 0 radical (unpaired) electrons. The Bertz CT molecular complexity index is 861. The zero-order chi connectivity index (χ0) is 20.3. The minimum absolute atomic E-state index is 0.0677. The van der Waals surface area contributed by atoms with Crippen molar-refractivity contribution in [3.8, 4) is 5.75 Å². The number of benzene rings is 1. The van der Waals surface area contributed by atoms with Gasteiger partial charge >= 0.3 is 11.9 Å². The molecule has 2 fully saturated rings. The molecule has 5 atom stereocenters. The van der Waals surface area contributed by atoms with E-state index >= 15 is 0 Å². The second kappa shape index (κ2) is 6.41. The van der Waals surface area contributed by atoms with Gasteiger partial charge in [0.05, 0.1) is 0 Å². The number of rotatable bonds is 2. The summed E-state index contributed by atoms with van der Waals surface area (Å²) in [6.07, 6.45) is 2.23. The van der Waals surface area contributed by atoms with E-state index in [0.717, 1.165) is 12.0 Å². The number of hydrogen-bond acceptors (Lipinski definition) is 6. The number of carbonyl (C=O) groups excluding carboxylic acids is 3. The zero-order valence-corrected chi connectivity index (χ0v) is 16.5. The second-order valence-electron chi connectivity index (χ2n) is 8.67. The monoisotopic (exact) mass is 386 g/mol. The van der Waals surface area contributed by atoms with Crippen molar-refractivity contribution in [1.82, 2.24) is 0 Å². The van der Waals surface area contributed by atoms with Crippen LogP contribution in [-0.2, 0) is 31.1 Å². The summed E-state index contributed by atoms with van der Waals surface area (Å²) in [5.41, 5.74) is -0.301. The summed E-state index contributed by atoms with van der Waals surface area (Å²) in [5, 5.41) is 12.0. The minimum Gasteiger partial charge on any atom is -0.459 e. The van der Waals surface area contributed by atoms with Crippen molar-refractivity contribution in [3.63, 3.8) is 0 Å².